The summed E-state index contributed by atoms with van der Waals surface area (Å²) < 4.78 is 5.37. The van der Waals surface area contributed by atoms with E-state index in [4.69, 9.17) is 4.42 Å². The average Bonchev–Trinajstić information content (AvgIpc) is 2.82. The standard InChI is InChI=1S/C16H18N2O2/c19-16(18-10-6-1-2-7-11-18)15-14(17-12-20-15)13-8-4-3-5-9-13/h3-5,8-9,12H,1-2,6-7,10-11H2. The van der Waals surface area contributed by atoms with Gasteiger partial charge in [-0.25, -0.2) is 4.98 Å². The van der Waals surface area contributed by atoms with Gasteiger partial charge in [0.1, 0.15) is 5.69 Å². The second-order valence-corrected chi connectivity index (χ2v) is 5.10. The Morgan fingerprint density at radius 2 is 1.75 bits per heavy atom. The molecule has 0 N–H and O–H groups in total. The van der Waals surface area contributed by atoms with E-state index in [2.05, 4.69) is 4.98 Å². The lowest BCUT2D eigenvalue weighted by Gasteiger charge is -2.19. The van der Waals surface area contributed by atoms with Crippen LogP contribution in [0.2, 0.25) is 0 Å². The predicted molar refractivity (Wildman–Crippen MR) is 76.3 cm³/mol. The van der Waals surface area contributed by atoms with Crippen LogP contribution >= 0.6 is 0 Å². The first-order chi connectivity index (χ1) is 9.86. The molecule has 1 aromatic heterocycles. The molecule has 4 nitrogen and oxygen atoms in total. The molecule has 2 aromatic rings. The van der Waals surface area contributed by atoms with Crippen molar-refractivity contribution in [2.24, 2.45) is 0 Å². The van der Waals surface area contributed by atoms with E-state index >= 15 is 0 Å². The molecule has 1 aromatic carbocycles. The van der Waals surface area contributed by atoms with Gasteiger partial charge >= 0.3 is 0 Å². The third kappa shape index (κ3) is 2.59. The summed E-state index contributed by atoms with van der Waals surface area (Å²) in [7, 11) is 0. The van der Waals surface area contributed by atoms with Crippen LogP contribution in [0.5, 0.6) is 0 Å². The van der Waals surface area contributed by atoms with E-state index in [1.807, 2.05) is 35.2 Å². The van der Waals surface area contributed by atoms with Crippen LogP contribution in [0.15, 0.2) is 41.1 Å². The first-order valence-corrected chi connectivity index (χ1v) is 7.14. The molecule has 2 heterocycles. The third-order valence-electron chi connectivity index (χ3n) is 3.70. The van der Waals surface area contributed by atoms with Gasteiger partial charge in [-0.05, 0) is 12.8 Å². The molecule has 1 aliphatic rings. The molecule has 1 saturated heterocycles. The van der Waals surface area contributed by atoms with Gasteiger partial charge in [0, 0.05) is 18.7 Å². The first kappa shape index (κ1) is 12.9. The zero-order chi connectivity index (χ0) is 13.8. The molecule has 0 spiro atoms. The maximum Gasteiger partial charge on any atom is 0.291 e. The Morgan fingerprint density at radius 3 is 2.45 bits per heavy atom. The highest BCUT2D eigenvalue weighted by molar-refractivity contribution is 5.97. The van der Waals surface area contributed by atoms with E-state index in [1.165, 1.54) is 19.2 Å². The number of hydrogen-bond acceptors (Lipinski definition) is 3. The van der Waals surface area contributed by atoms with Gasteiger partial charge in [0.05, 0.1) is 0 Å². The van der Waals surface area contributed by atoms with Gasteiger partial charge in [-0.3, -0.25) is 4.79 Å². The molecule has 104 valence electrons. The fourth-order valence-corrected chi connectivity index (χ4v) is 2.62. The van der Waals surface area contributed by atoms with Crippen molar-refractivity contribution in [1.29, 1.82) is 0 Å². The number of carbonyl (C=O) groups is 1. The summed E-state index contributed by atoms with van der Waals surface area (Å²) in [6, 6.07) is 9.70. The number of aromatic nitrogens is 1. The lowest BCUT2D eigenvalue weighted by Crippen LogP contribution is -2.31. The molecule has 0 bridgehead atoms. The summed E-state index contributed by atoms with van der Waals surface area (Å²) >= 11 is 0. The third-order valence-corrected chi connectivity index (χ3v) is 3.70. The van der Waals surface area contributed by atoms with Gasteiger partial charge in [0.2, 0.25) is 5.76 Å². The molecule has 1 fully saturated rings. The van der Waals surface area contributed by atoms with Crippen molar-refractivity contribution >= 4 is 5.91 Å². The number of likely N-dealkylation sites (tertiary alicyclic amines) is 1. The number of benzene rings is 1. The molecule has 0 unspecified atom stereocenters. The Kier molecular flexibility index (Phi) is 3.81. The van der Waals surface area contributed by atoms with Crippen LogP contribution in [-0.4, -0.2) is 28.9 Å². The van der Waals surface area contributed by atoms with Crippen LogP contribution in [0.4, 0.5) is 0 Å². The summed E-state index contributed by atoms with van der Waals surface area (Å²) in [5.74, 6) is 0.321. The Bertz CT molecular complexity index is 569. The molecule has 4 heteroatoms. The summed E-state index contributed by atoms with van der Waals surface area (Å²) in [6.45, 7) is 1.63. The van der Waals surface area contributed by atoms with Crippen LogP contribution < -0.4 is 0 Å². The molecule has 1 aliphatic heterocycles. The highest BCUT2D eigenvalue weighted by Crippen LogP contribution is 2.24. The molecule has 3 rings (SSSR count). The highest BCUT2D eigenvalue weighted by atomic mass is 16.3. The van der Waals surface area contributed by atoms with E-state index in [-0.39, 0.29) is 5.91 Å². The van der Waals surface area contributed by atoms with E-state index in [9.17, 15) is 4.79 Å². The smallest absolute Gasteiger partial charge is 0.291 e. The Morgan fingerprint density at radius 1 is 1.05 bits per heavy atom. The minimum Gasteiger partial charge on any atom is -0.438 e. The number of oxazole rings is 1. The summed E-state index contributed by atoms with van der Waals surface area (Å²) in [5.41, 5.74) is 1.55. The fourth-order valence-electron chi connectivity index (χ4n) is 2.62. The molecule has 0 atom stereocenters. The monoisotopic (exact) mass is 270 g/mol. The van der Waals surface area contributed by atoms with Crippen LogP contribution in [0, 0.1) is 0 Å². The van der Waals surface area contributed by atoms with Gasteiger partial charge in [-0.2, -0.15) is 0 Å². The van der Waals surface area contributed by atoms with Gasteiger partial charge in [-0.15, -0.1) is 0 Å². The van der Waals surface area contributed by atoms with Crippen LogP contribution in [0.25, 0.3) is 11.3 Å². The lowest BCUT2D eigenvalue weighted by molar-refractivity contribution is 0.0730. The SMILES string of the molecule is O=C(c1ocnc1-c1ccccc1)N1CCCCCC1. The molecule has 0 radical (unpaired) electrons. The van der Waals surface area contributed by atoms with Crippen LogP contribution in [0.3, 0.4) is 0 Å². The number of hydrogen-bond donors (Lipinski definition) is 0. The molecular formula is C16H18N2O2. The largest absolute Gasteiger partial charge is 0.438 e. The summed E-state index contributed by atoms with van der Waals surface area (Å²) in [5, 5.41) is 0. The van der Waals surface area contributed by atoms with Crippen molar-refractivity contribution in [2.45, 2.75) is 25.7 Å². The minimum atomic E-state index is -0.0387. The van der Waals surface area contributed by atoms with E-state index < -0.39 is 0 Å². The number of rotatable bonds is 2. The maximum absolute atomic E-state index is 12.6. The van der Waals surface area contributed by atoms with Crippen molar-refractivity contribution in [2.75, 3.05) is 13.1 Å². The van der Waals surface area contributed by atoms with Gasteiger partial charge in [-0.1, -0.05) is 43.2 Å². The highest BCUT2D eigenvalue weighted by Gasteiger charge is 2.24. The van der Waals surface area contributed by atoms with Gasteiger partial charge in [0.15, 0.2) is 6.39 Å². The normalized spacial score (nSPS) is 15.9. The zero-order valence-corrected chi connectivity index (χ0v) is 11.4. The molecule has 0 saturated carbocycles. The Hall–Kier alpha value is -2.10. The lowest BCUT2D eigenvalue weighted by atomic mass is 10.1. The molecule has 0 aliphatic carbocycles. The number of nitrogens with zero attached hydrogens (tertiary/aromatic N) is 2. The Balaban J connectivity index is 1.87. The number of amides is 1. The maximum atomic E-state index is 12.6. The van der Waals surface area contributed by atoms with Crippen molar-refractivity contribution in [3.8, 4) is 11.3 Å². The topological polar surface area (TPSA) is 46.3 Å². The summed E-state index contributed by atoms with van der Waals surface area (Å²) in [4.78, 5) is 18.7. The van der Waals surface area contributed by atoms with Crippen molar-refractivity contribution in [1.82, 2.24) is 9.88 Å². The number of carbonyl (C=O) groups excluding carboxylic acids is 1. The average molecular weight is 270 g/mol. The quantitative estimate of drug-likeness (QED) is 0.840. The fraction of sp³-hybridized carbons (Fsp3) is 0.375. The van der Waals surface area contributed by atoms with Crippen LogP contribution in [-0.2, 0) is 0 Å². The second-order valence-electron chi connectivity index (χ2n) is 5.10. The van der Waals surface area contributed by atoms with Crippen molar-refractivity contribution < 1.29 is 9.21 Å². The Labute approximate surface area is 118 Å². The minimum absolute atomic E-state index is 0.0387. The van der Waals surface area contributed by atoms with Gasteiger partial charge in [0.25, 0.3) is 5.91 Å². The van der Waals surface area contributed by atoms with Gasteiger partial charge < -0.3 is 9.32 Å². The molecular weight excluding hydrogens is 252 g/mol. The zero-order valence-electron chi connectivity index (χ0n) is 11.4. The van der Waals surface area contributed by atoms with E-state index in [0.29, 0.717) is 11.5 Å². The van der Waals surface area contributed by atoms with E-state index in [1.54, 1.807) is 0 Å². The van der Waals surface area contributed by atoms with Crippen LogP contribution in [0.1, 0.15) is 36.2 Å². The van der Waals surface area contributed by atoms with Crippen molar-refractivity contribution in [3.05, 3.63) is 42.5 Å². The summed E-state index contributed by atoms with van der Waals surface area (Å²) in [6.07, 6.45) is 5.89. The molecule has 1 amide bonds. The molecule has 20 heavy (non-hydrogen) atoms. The van der Waals surface area contributed by atoms with E-state index in [0.717, 1.165) is 31.5 Å². The first-order valence-electron chi connectivity index (χ1n) is 7.14. The predicted octanol–water partition coefficient (Wildman–Crippen LogP) is 3.36. The second kappa shape index (κ2) is 5.90. The van der Waals surface area contributed by atoms with Crippen molar-refractivity contribution in [3.63, 3.8) is 0 Å².